The molecule has 5 heteroatoms. The van der Waals surface area contributed by atoms with Gasteiger partial charge in [0.25, 0.3) is 0 Å². The number of rotatable bonds is 7. The number of aromatic amines is 1. The van der Waals surface area contributed by atoms with Gasteiger partial charge in [-0.1, -0.05) is 58.0 Å². The molecule has 3 aromatic rings. The zero-order valence-corrected chi connectivity index (χ0v) is 18.5. The third-order valence-corrected chi connectivity index (χ3v) is 4.00. The number of carbonyl (C=O) groups excluding carboxylic acids is 1. The van der Waals surface area contributed by atoms with Gasteiger partial charge in [-0.3, -0.25) is 0 Å². The largest absolute Gasteiger partial charge is 0.492 e. The lowest BCUT2D eigenvalue weighted by atomic mass is 10.1. The third-order valence-electron chi connectivity index (χ3n) is 4.00. The molecule has 0 spiro atoms. The fourth-order valence-corrected chi connectivity index (χ4v) is 2.72. The lowest BCUT2D eigenvalue weighted by molar-refractivity contribution is 0.0474. The standard InChI is InChI=1S/C20H22N2O3.2C2H6/c1-14-19(20(23)25-13-15-6-4-3-5-7-15)17-12-16(24-11-10-21-2)8-9-18(17)22-14;2*1-2/h3-9,12,21-22H,10-11,13H2,1-2H3;2*1-2H3. The summed E-state index contributed by atoms with van der Waals surface area (Å²) in [5.74, 6) is 0.402. The summed E-state index contributed by atoms with van der Waals surface area (Å²) in [5, 5.41) is 3.85. The lowest BCUT2D eigenvalue weighted by Gasteiger charge is -2.07. The summed E-state index contributed by atoms with van der Waals surface area (Å²) in [6.45, 7) is 11.5. The summed E-state index contributed by atoms with van der Waals surface area (Å²) in [6.07, 6.45) is 0. The zero-order chi connectivity index (χ0) is 21.6. The number of hydrogen-bond acceptors (Lipinski definition) is 4. The Morgan fingerprint density at radius 3 is 2.38 bits per heavy atom. The lowest BCUT2D eigenvalue weighted by Crippen LogP contribution is -2.15. The predicted octanol–water partition coefficient (Wildman–Crippen LogP) is 5.48. The average Bonchev–Trinajstić information content (AvgIpc) is 3.11. The number of benzene rings is 2. The number of aromatic nitrogens is 1. The van der Waals surface area contributed by atoms with Crippen LogP contribution >= 0.6 is 0 Å². The van der Waals surface area contributed by atoms with E-state index in [-0.39, 0.29) is 12.6 Å². The van der Waals surface area contributed by atoms with Gasteiger partial charge in [0.1, 0.15) is 19.0 Å². The quantitative estimate of drug-likeness (QED) is 0.408. The number of fused-ring (bicyclic) bond motifs is 1. The van der Waals surface area contributed by atoms with Gasteiger partial charge in [0, 0.05) is 23.1 Å². The van der Waals surface area contributed by atoms with Gasteiger partial charge in [0.2, 0.25) is 0 Å². The number of esters is 1. The van der Waals surface area contributed by atoms with E-state index in [1.807, 2.05) is 90.2 Å². The van der Waals surface area contributed by atoms with Crippen molar-refractivity contribution in [1.29, 1.82) is 0 Å². The third kappa shape index (κ3) is 6.95. The Kier molecular flexibility index (Phi) is 11.2. The van der Waals surface area contributed by atoms with E-state index in [1.165, 1.54) is 0 Å². The SMILES string of the molecule is CC.CC.CNCCOc1ccc2[nH]c(C)c(C(=O)OCc3ccccc3)c2c1. The first-order valence-corrected chi connectivity index (χ1v) is 10.3. The first-order chi connectivity index (χ1) is 14.2. The van der Waals surface area contributed by atoms with Crippen LogP contribution in [0.3, 0.4) is 0 Å². The normalized spacial score (nSPS) is 9.72. The van der Waals surface area contributed by atoms with Gasteiger partial charge in [0.05, 0.1) is 5.56 Å². The molecule has 0 aliphatic heterocycles. The molecule has 2 aromatic carbocycles. The number of ether oxygens (including phenoxy) is 2. The van der Waals surface area contributed by atoms with Crippen molar-refractivity contribution >= 4 is 16.9 Å². The maximum absolute atomic E-state index is 12.6. The van der Waals surface area contributed by atoms with Crippen molar-refractivity contribution in [3.63, 3.8) is 0 Å². The number of H-pyrrole nitrogens is 1. The number of carbonyl (C=O) groups is 1. The van der Waals surface area contributed by atoms with Crippen LogP contribution in [0.25, 0.3) is 10.9 Å². The molecule has 0 atom stereocenters. The second-order valence-electron chi connectivity index (χ2n) is 5.85. The van der Waals surface area contributed by atoms with Crippen LogP contribution < -0.4 is 10.1 Å². The van der Waals surface area contributed by atoms with Crippen LogP contribution in [-0.4, -0.2) is 31.2 Å². The van der Waals surface area contributed by atoms with E-state index in [1.54, 1.807) is 0 Å². The molecule has 1 heterocycles. The maximum atomic E-state index is 12.6. The first-order valence-electron chi connectivity index (χ1n) is 10.3. The Morgan fingerprint density at radius 1 is 1.03 bits per heavy atom. The van der Waals surface area contributed by atoms with E-state index in [0.29, 0.717) is 12.2 Å². The summed E-state index contributed by atoms with van der Waals surface area (Å²) in [4.78, 5) is 15.8. The molecule has 0 aliphatic carbocycles. The highest BCUT2D eigenvalue weighted by atomic mass is 16.5. The Morgan fingerprint density at radius 2 is 1.72 bits per heavy atom. The van der Waals surface area contributed by atoms with Crippen molar-refractivity contribution in [2.24, 2.45) is 0 Å². The van der Waals surface area contributed by atoms with Crippen LogP contribution in [-0.2, 0) is 11.3 Å². The smallest absolute Gasteiger partial charge is 0.340 e. The molecule has 1 aromatic heterocycles. The molecule has 0 aliphatic rings. The van der Waals surface area contributed by atoms with E-state index in [2.05, 4.69) is 10.3 Å². The van der Waals surface area contributed by atoms with Crippen LogP contribution in [0.5, 0.6) is 5.75 Å². The molecule has 5 nitrogen and oxygen atoms in total. The number of likely N-dealkylation sites (N-methyl/N-ethyl adjacent to an activating group) is 1. The van der Waals surface area contributed by atoms with Gasteiger partial charge in [-0.15, -0.1) is 0 Å². The number of hydrogen-bond donors (Lipinski definition) is 2. The van der Waals surface area contributed by atoms with E-state index in [0.717, 1.165) is 34.5 Å². The van der Waals surface area contributed by atoms with Gasteiger partial charge >= 0.3 is 5.97 Å². The topological polar surface area (TPSA) is 63.3 Å². The van der Waals surface area contributed by atoms with Gasteiger partial charge in [0.15, 0.2) is 0 Å². The van der Waals surface area contributed by atoms with Gasteiger partial charge < -0.3 is 19.8 Å². The molecule has 0 bridgehead atoms. The molecule has 0 amide bonds. The van der Waals surface area contributed by atoms with Crippen molar-refractivity contribution in [1.82, 2.24) is 10.3 Å². The molecule has 0 saturated carbocycles. The molecular weight excluding hydrogens is 364 g/mol. The molecule has 29 heavy (non-hydrogen) atoms. The molecule has 0 saturated heterocycles. The van der Waals surface area contributed by atoms with Crippen molar-refractivity contribution in [3.8, 4) is 5.75 Å². The molecule has 0 radical (unpaired) electrons. The predicted molar refractivity (Wildman–Crippen MR) is 121 cm³/mol. The van der Waals surface area contributed by atoms with E-state index >= 15 is 0 Å². The molecule has 2 N–H and O–H groups in total. The van der Waals surface area contributed by atoms with E-state index < -0.39 is 0 Å². The van der Waals surface area contributed by atoms with Gasteiger partial charge in [-0.25, -0.2) is 4.79 Å². The highest BCUT2D eigenvalue weighted by Crippen LogP contribution is 2.27. The minimum Gasteiger partial charge on any atom is -0.492 e. The Balaban J connectivity index is 0.000000989. The molecule has 158 valence electrons. The van der Waals surface area contributed by atoms with Crippen molar-refractivity contribution in [2.75, 3.05) is 20.2 Å². The molecule has 0 fully saturated rings. The van der Waals surface area contributed by atoms with Crippen LogP contribution in [0.4, 0.5) is 0 Å². The fourth-order valence-electron chi connectivity index (χ4n) is 2.72. The highest BCUT2D eigenvalue weighted by Gasteiger charge is 2.18. The first kappa shape index (κ1) is 24.2. The van der Waals surface area contributed by atoms with E-state index in [4.69, 9.17) is 9.47 Å². The van der Waals surface area contributed by atoms with Crippen LogP contribution in [0.2, 0.25) is 0 Å². The van der Waals surface area contributed by atoms with Crippen molar-refractivity contribution in [2.45, 2.75) is 41.2 Å². The zero-order valence-electron chi connectivity index (χ0n) is 18.5. The Labute approximate surface area is 174 Å². The minimum atomic E-state index is -0.333. The van der Waals surface area contributed by atoms with Gasteiger partial charge in [-0.05, 0) is 37.7 Å². The second-order valence-corrected chi connectivity index (χ2v) is 5.85. The average molecular weight is 399 g/mol. The van der Waals surface area contributed by atoms with E-state index in [9.17, 15) is 4.79 Å². The Hall–Kier alpha value is -2.79. The summed E-state index contributed by atoms with van der Waals surface area (Å²) in [7, 11) is 1.88. The number of aryl methyl sites for hydroxylation is 1. The monoisotopic (exact) mass is 398 g/mol. The second kappa shape index (κ2) is 13.4. The Bertz CT molecular complexity index is 857. The highest BCUT2D eigenvalue weighted by molar-refractivity contribution is 6.05. The van der Waals surface area contributed by atoms with Crippen molar-refractivity contribution in [3.05, 3.63) is 65.4 Å². The minimum absolute atomic E-state index is 0.254. The van der Waals surface area contributed by atoms with Crippen LogP contribution in [0, 0.1) is 6.92 Å². The molecule has 0 unspecified atom stereocenters. The van der Waals surface area contributed by atoms with Gasteiger partial charge in [-0.2, -0.15) is 0 Å². The fraction of sp³-hybridized carbons (Fsp3) is 0.375. The summed E-state index contributed by atoms with van der Waals surface area (Å²) < 4.78 is 11.2. The summed E-state index contributed by atoms with van der Waals surface area (Å²) >= 11 is 0. The van der Waals surface area contributed by atoms with Crippen molar-refractivity contribution < 1.29 is 14.3 Å². The summed E-state index contributed by atoms with van der Waals surface area (Å²) in [6, 6.07) is 15.4. The number of nitrogens with one attached hydrogen (secondary N) is 2. The molecular formula is C24H34N2O3. The maximum Gasteiger partial charge on any atom is 0.340 e. The van der Waals surface area contributed by atoms with Crippen LogP contribution in [0.15, 0.2) is 48.5 Å². The summed E-state index contributed by atoms with van der Waals surface area (Å²) in [5.41, 5.74) is 3.21. The molecule has 3 rings (SSSR count). The van der Waals surface area contributed by atoms with Crippen LogP contribution in [0.1, 0.15) is 49.3 Å².